The van der Waals surface area contributed by atoms with Crippen LogP contribution in [0.5, 0.6) is 0 Å². The van der Waals surface area contributed by atoms with E-state index in [1.807, 2.05) is 13.8 Å². The molecule has 1 aliphatic heterocycles. The minimum Gasteiger partial charge on any atom is -0.379 e. The van der Waals surface area contributed by atoms with Crippen LogP contribution < -0.4 is 5.32 Å². The lowest BCUT2D eigenvalue weighted by Crippen LogP contribution is -2.56. The molecule has 0 aromatic carbocycles. The second kappa shape index (κ2) is 7.62. The summed E-state index contributed by atoms with van der Waals surface area (Å²) in [5.41, 5.74) is -0.731. The molecular weight excluding hydrogens is 256 g/mol. The van der Waals surface area contributed by atoms with Gasteiger partial charge in [0.05, 0.1) is 6.61 Å². The van der Waals surface area contributed by atoms with E-state index in [9.17, 15) is 9.59 Å². The van der Waals surface area contributed by atoms with Crippen molar-refractivity contribution in [2.24, 2.45) is 5.92 Å². The van der Waals surface area contributed by atoms with E-state index < -0.39 is 5.54 Å². The van der Waals surface area contributed by atoms with Crippen molar-refractivity contribution in [3.8, 4) is 0 Å². The fraction of sp³-hybridized carbons (Fsp3) is 0.867. The van der Waals surface area contributed by atoms with Gasteiger partial charge >= 0.3 is 0 Å². The number of rotatable bonds is 7. The van der Waals surface area contributed by atoms with Crippen LogP contribution in [0.1, 0.15) is 47.0 Å². The Kier molecular flexibility index (Phi) is 6.46. The number of hydrogen-bond acceptors (Lipinski definition) is 3. The fourth-order valence-corrected chi connectivity index (χ4v) is 2.46. The van der Waals surface area contributed by atoms with Crippen LogP contribution in [0, 0.1) is 5.92 Å². The van der Waals surface area contributed by atoms with Gasteiger partial charge in [-0.2, -0.15) is 0 Å². The first kappa shape index (κ1) is 17.0. The zero-order chi connectivity index (χ0) is 15.2. The van der Waals surface area contributed by atoms with Crippen molar-refractivity contribution in [3.05, 3.63) is 0 Å². The SMILES string of the molecule is CCC1(CC)NC(=O)CCN(CCOCC(C)C)C1=O. The average molecular weight is 284 g/mol. The van der Waals surface area contributed by atoms with Crippen LogP contribution >= 0.6 is 0 Å². The minimum absolute atomic E-state index is 0.0292. The summed E-state index contributed by atoms with van der Waals surface area (Å²) in [6, 6.07) is 0. The number of ether oxygens (including phenoxy) is 1. The second-order valence-electron chi connectivity index (χ2n) is 5.85. The number of nitrogens with zero attached hydrogens (tertiary/aromatic N) is 1. The van der Waals surface area contributed by atoms with Crippen LogP contribution in [-0.4, -0.2) is 48.6 Å². The van der Waals surface area contributed by atoms with Gasteiger partial charge in [-0.25, -0.2) is 0 Å². The van der Waals surface area contributed by atoms with Crippen molar-refractivity contribution in [3.63, 3.8) is 0 Å². The van der Waals surface area contributed by atoms with E-state index in [1.165, 1.54) is 0 Å². The fourth-order valence-electron chi connectivity index (χ4n) is 2.46. The smallest absolute Gasteiger partial charge is 0.248 e. The highest BCUT2D eigenvalue weighted by Crippen LogP contribution is 2.21. The monoisotopic (exact) mass is 284 g/mol. The van der Waals surface area contributed by atoms with Crippen molar-refractivity contribution in [2.45, 2.75) is 52.5 Å². The molecule has 1 N–H and O–H groups in total. The normalized spacial score (nSPS) is 19.1. The quantitative estimate of drug-likeness (QED) is 0.722. The highest BCUT2D eigenvalue weighted by Gasteiger charge is 2.41. The Hall–Kier alpha value is -1.10. The Bertz CT molecular complexity index is 338. The Morgan fingerprint density at radius 3 is 2.50 bits per heavy atom. The van der Waals surface area contributed by atoms with E-state index in [0.29, 0.717) is 51.5 Å². The van der Waals surface area contributed by atoms with E-state index in [0.717, 1.165) is 0 Å². The summed E-state index contributed by atoms with van der Waals surface area (Å²) in [6.07, 6.45) is 1.62. The Morgan fingerprint density at radius 1 is 1.30 bits per heavy atom. The first-order chi connectivity index (χ1) is 9.45. The lowest BCUT2D eigenvalue weighted by atomic mass is 9.91. The molecule has 0 aromatic heterocycles. The highest BCUT2D eigenvalue weighted by atomic mass is 16.5. The van der Waals surface area contributed by atoms with Crippen LogP contribution in [0.2, 0.25) is 0 Å². The van der Waals surface area contributed by atoms with Gasteiger partial charge in [-0.1, -0.05) is 27.7 Å². The summed E-state index contributed by atoms with van der Waals surface area (Å²) in [6.45, 7) is 10.4. The van der Waals surface area contributed by atoms with Gasteiger partial charge in [0.15, 0.2) is 0 Å². The predicted molar refractivity (Wildman–Crippen MR) is 78.3 cm³/mol. The molecule has 1 rings (SSSR count). The van der Waals surface area contributed by atoms with Crippen LogP contribution in [0.4, 0.5) is 0 Å². The van der Waals surface area contributed by atoms with Gasteiger partial charge in [-0.3, -0.25) is 9.59 Å². The molecular formula is C15H28N2O3. The molecule has 1 heterocycles. The number of hydrogen-bond donors (Lipinski definition) is 1. The molecule has 0 unspecified atom stereocenters. The molecule has 0 aromatic rings. The zero-order valence-corrected chi connectivity index (χ0v) is 13.2. The molecule has 0 bridgehead atoms. The third-order valence-corrected chi connectivity index (χ3v) is 3.85. The predicted octanol–water partition coefficient (Wildman–Crippen LogP) is 1.57. The van der Waals surface area contributed by atoms with Crippen molar-refractivity contribution in [2.75, 3.05) is 26.3 Å². The van der Waals surface area contributed by atoms with E-state index in [2.05, 4.69) is 19.2 Å². The lowest BCUT2D eigenvalue weighted by Gasteiger charge is -2.33. The van der Waals surface area contributed by atoms with E-state index >= 15 is 0 Å². The Morgan fingerprint density at radius 2 is 1.95 bits per heavy atom. The summed E-state index contributed by atoms with van der Waals surface area (Å²) in [4.78, 5) is 26.2. The maximum atomic E-state index is 12.7. The van der Waals surface area contributed by atoms with Gasteiger partial charge in [-0.15, -0.1) is 0 Å². The summed E-state index contributed by atoms with van der Waals surface area (Å²) >= 11 is 0. The molecule has 0 atom stereocenters. The van der Waals surface area contributed by atoms with E-state index in [-0.39, 0.29) is 11.8 Å². The standard InChI is InChI=1S/C15H28N2O3/c1-5-15(6-2)14(19)17(8-7-13(18)16-15)9-10-20-11-12(3)4/h12H,5-11H2,1-4H3,(H,16,18). The van der Waals surface area contributed by atoms with Gasteiger partial charge in [0, 0.05) is 26.1 Å². The maximum Gasteiger partial charge on any atom is 0.248 e. The Balaban J connectivity index is 2.65. The molecule has 0 radical (unpaired) electrons. The van der Waals surface area contributed by atoms with E-state index in [4.69, 9.17) is 4.74 Å². The van der Waals surface area contributed by atoms with Crippen LogP contribution in [0.25, 0.3) is 0 Å². The Labute approximate surface area is 122 Å². The maximum absolute atomic E-state index is 12.7. The molecule has 5 heteroatoms. The zero-order valence-electron chi connectivity index (χ0n) is 13.2. The van der Waals surface area contributed by atoms with Gasteiger partial charge in [0.2, 0.25) is 11.8 Å². The lowest BCUT2D eigenvalue weighted by molar-refractivity contribution is -0.139. The van der Waals surface area contributed by atoms with Gasteiger partial charge < -0.3 is 15.0 Å². The van der Waals surface area contributed by atoms with Crippen molar-refractivity contribution in [1.82, 2.24) is 10.2 Å². The van der Waals surface area contributed by atoms with Crippen LogP contribution in [0.3, 0.4) is 0 Å². The molecule has 0 aliphatic carbocycles. The van der Waals surface area contributed by atoms with Gasteiger partial charge in [0.25, 0.3) is 0 Å². The van der Waals surface area contributed by atoms with Crippen LogP contribution in [0.15, 0.2) is 0 Å². The molecule has 1 fully saturated rings. The van der Waals surface area contributed by atoms with Crippen molar-refractivity contribution >= 4 is 11.8 Å². The largest absolute Gasteiger partial charge is 0.379 e. The second-order valence-corrected chi connectivity index (χ2v) is 5.85. The summed E-state index contributed by atoms with van der Waals surface area (Å²) in [5, 5.41) is 2.91. The summed E-state index contributed by atoms with van der Waals surface area (Å²) < 4.78 is 5.55. The molecule has 2 amide bonds. The molecule has 116 valence electrons. The topological polar surface area (TPSA) is 58.6 Å². The van der Waals surface area contributed by atoms with E-state index in [1.54, 1.807) is 4.90 Å². The first-order valence-electron chi connectivity index (χ1n) is 7.63. The molecule has 0 saturated carbocycles. The third-order valence-electron chi connectivity index (χ3n) is 3.85. The molecule has 20 heavy (non-hydrogen) atoms. The average Bonchev–Trinajstić information content (AvgIpc) is 2.54. The summed E-state index contributed by atoms with van der Waals surface area (Å²) in [5.74, 6) is 0.484. The summed E-state index contributed by atoms with van der Waals surface area (Å²) in [7, 11) is 0. The molecule has 5 nitrogen and oxygen atoms in total. The number of carbonyl (C=O) groups is 2. The van der Waals surface area contributed by atoms with Crippen molar-refractivity contribution < 1.29 is 14.3 Å². The van der Waals surface area contributed by atoms with Crippen LogP contribution in [-0.2, 0) is 14.3 Å². The number of carbonyl (C=O) groups excluding carboxylic acids is 2. The molecule has 1 aliphatic rings. The number of amides is 2. The van der Waals surface area contributed by atoms with Crippen molar-refractivity contribution in [1.29, 1.82) is 0 Å². The van der Waals surface area contributed by atoms with Gasteiger partial charge in [0.1, 0.15) is 5.54 Å². The van der Waals surface area contributed by atoms with Gasteiger partial charge in [-0.05, 0) is 18.8 Å². The minimum atomic E-state index is -0.731. The number of nitrogens with one attached hydrogen (secondary N) is 1. The molecule has 0 spiro atoms. The first-order valence-corrected chi connectivity index (χ1v) is 7.63. The highest BCUT2D eigenvalue weighted by molar-refractivity contribution is 5.93. The molecule has 1 saturated heterocycles. The third kappa shape index (κ3) is 4.20.